The Balaban J connectivity index is 1.90. The van der Waals surface area contributed by atoms with Crippen LogP contribution in [0, 0.1) is 10.4 Å². The summed E-state index contributed by atoms with van der Waals surface area (Å²) in [7, 11) is 0. The number of allylic oxidation sites excluding steroid dienone is 5. The molecule has 2 N–H and O–H groups in total. The Morgan fingerprint density at radius 2 is 1.48 bits per heavy atom. The van der Waals surface area contributed by atoms with Crippen LogP contribution >= 0.6 is 15.9 Å². The summed E-state index contributed by atoms with van der Waals surface area (Å²) in [5.74, 6) is 0. The van der Waals surface area contributed by atoms with Crippen molar-refractivity contribution >= 4 is 33.0 Å². The molecular formula is C19H15BrN3O2-. The first-order valence-electron chi connectivity index (χ1n) is 7.58. The first-order chi connectivity index (χ1) is 12.1. The molecule has 0 bridgehead atoms. The predicted octanol–water partition coefficient (Wildman–Crippen LogP) is 4.35. The highest BCUT2D eigenvalue weighted by atomic mass is 79.9. The van der Waals surface area contributed by atoms with Crippen LogP contribution in [0.4, 0.5) is 5.69 Å². The van der Waals surface area contributed by atoms with E-state index in [1.807, 2.05) is 54.6 Å². The molecule has 0 spiro atoms. The minimum atomic E-state index is -0.403. The zero-order chi connectivity index (χ0) is 17.6. The highest BCUT2D eigenvalue weighted by molar-refractivity contribution is 9.10. The molecule has 5 nitrogen and oxygen atoms in total. The lowest BCUT2D eigenvalue weighted by Crippen LogP contribution is -2.21. The van der Waals surface area contributed by atoms with Crippen LogP contribution in [-0.2, 0) is 0 Å². The van der Waals surface area contributed by atoms with E-state index in [0.717, 1.165) is 27.0 Å². The number of hydrogen-bond donors (Lipinski definition) is 2. The Hall–Kier alpha value is -2.99. The number of nitrogens with zero attached hydrogens (tertiary/aromatic N) is 1. The number of rotatable bonds is 4. The quantitative estimate of drug-likeness (QED) is 0.594. The largest absolute Gasteiger partial charge is 0.612 e. The molecule has 1 aliphatic rings. The van der Waals surface area contributed by atoms with Gasteiger partial charge < -0.3 is 15.8 Å². The molecule has 0 heterocycles. The van der Waals surface area contributed by atoms with Crippen molar-refractivity contribution in [1.29, 1.82) is 0 Å². The molecule has 25 heavy (non-hydrogen) atoms. The van der Waals surface area contributed by atoms with Crippen LogP contribution < -0.4 is 10.9 Å². The first kappa shape index (κ1) is 16.9. The molecular weight excluding hydrogens is 382 g/mol. The number of nitrogens with one attached hydrogen (secondary N) is 2. The van der Waals surface area contributed by atoms with Gasteiger partial charge in [0.1, 0.15) is 0 Å². The SMILES string of the molecule is [O-][N+]([O-])=C1C=CC(=C(NNc2ccc(Br)cc2)c2ccccc2)C=C1. The lowest BCUT2D eigenvalue weighted by Gasteiger charge is -2.17. The van der Waals surface area contributed by atoms with Crippen LogP contribution in [0.5, 0.6) is 0 Å². The van der Waals surface area contributed by atoms with Crippen LogP contribution in [0.15, 0.2) is 88.9 Å². The third kappa shape index (κ3) is 4.30. The Morgan fingerprint density at radius 3 is 2.08 bits per heavy atom. The van der Waals surface area contributed by atoms with Crippen LogP contribution in [0.3, 0.4) is 0 Å². The maximum absolute atomic E-state index is 10.9. The molecule has 1 aliphatic carbocycles. The molecule has 0 saturated carbocycles. The fourth-order valence-electron chi connectivity index (χ4n) is 2.33. The second kappa shape index (κ2) is 7.72. The highest BCUT2D eigenvalue weighted by Gasteiger charge is 2.10. The molecule has 0 amide bonds. The van der Waals surface area contributed by atoms with Crippen molar-refractivity contribution < 1.29 is 4.90 Å². The van der Waals surface area contributed by atoms with Gasteiger partial charge in [-0.25, -0.2) is 0 Å². The normalized spacial score (nSPS) is 12.8. The molecule has 2 aromatic carbocycles. The van der Waals surface area contributed by atoms with Crippen LogP contribution in [-0.4, -0.2) is 10.6 Å². The average Bonchev–Trinajstić information content (AvgIpc) is 2.65. The average molecular weight is 397 g/mol. The van der Waals surface area contributed by atoms with Crippen molar-refractivity contribution in [2.24, 2.45) is 0 Å². The third-order valence-electron chi connectivity index (χ3n) is 3.61. The molecule has 0 radical (unpaired) electrons. The summed E-state index contributed by atoms with van der Waals surface area (Å²) in [6, 6.07) is 17.6. The lowest BCUT2D eigenvalue weighted by molar-refractivity contribution is -0.377. The van der Waals surface area contributed by atoms with Gasteiger partial charge in [0.25, 0.3) is 0 Å². The maximum Gasteiger partial charge on any atom is 0.222 e. The summed E-state index contributed by atoms with van der Waals surface area (Å²) in [6.45, 7) is 0. The Labute approximate surface area is 154 Å². The number of benzene rings is 2. The third-order valence-corrected chi connectivity index (χ3v) is 4.13. The molecule has 0 atom stereocenters. The van der Waals surface area contributed by atoms with Crippen molar-refractivity contribution in [3.05, 3.63) is 105 Å². The zero-order valence-electron chi connectivity index (χ0n) is 13.1. The van der Waals surface area contributed by atoms with Crippen LogP contribution in [0.1, 0.15) is 5.56 Å². The Bertz CT molecular complexity index is 847. The van der Waals surface area contributed by atoms with E-state index in [1.165, 1.54) is 12.2 Å². The highest BCUT2D eigenvalue weighted by Crippen LogP contribution is 2.21. The van der Waals surface area contributed by atoms with Gasteiger partial charge in [0.15, 0.2) is 0 Å². The fourth-order valence-corrected chi connectivity index (χ4v) is 2.60. The van der Waals surface area contributed by atoms with E-state index in [2.05, 4.69) is 26.8 Å². The zero-order valence-corrected chi connectivity index (χ0v) is 14.7. The van der Waals surface area contributed by atoms with E-state index >= 15 is 0 Å². The lowest BCUT2D eigenvalue weighted by atomic mass is 10.0. The van der Waals surface area contributed by atoms with Crippen molar-refractivity contribution in [3.8, 4) is 0 Å². The van der Waals surface area contributed by atoms with Gasteiger partial charge in [-0.1, -0.05) is 46.3 Å². The molecule has 2 aromatic rings. The Kier molecular flexibility index (Phi) is 5.20. The van der Waals surface area contributed by atoms with E-state index in [0.29, 0.717) is 0 Å². The molecule has 0 unspecified atom stereocenters. The molecule has 126 valence electrons. The van der Waals surface area contributed by atoms with Crippen LogP contribution in [0.2, 0.25) is 0 Å². The molecule has 3 rings (SSSR count). The summed E-state index contributed by atoms with van der Waals surface area (Å²) >= 11 is 3.41. The van der Waals surface area contributed by atoms with Gasteiger partial charge in [0.2, 0.25) is 5.71 Å². The maximum atomic E-state index is 10.9. The van der Waals surface area contributed by atoms with Crippen molar-refractivity contribution in [2.45, 2.75) is 0 Å². The predicted molar refractivity (Wildman–Crippen MR) is 105 cm³/mol. The fraction of sp³-hybridized carbons (Fsp3) is 0. The molecule has 0 aromatic heterocycles. The minimum absolute atomic E-state index is 0.0667. The van der Waals surface area contributed by atoms with E-state index in [-0.39, 0.29) is 5.71 Å². The summed E-state index contributed by atoms with van der Waals surface area (Å²) in [5.41, 5.74) is 10.0. The topological polar surface area (TPSA) is 73.2 Å². The van der Waals surface area contributed by atoms with Gasteiger partial charge in [0.05, 0.1) is 11.4 Å². The van der Waals surface area contributed by atoms with Crippen molar-refractivity contribution in [3.63, 3.8) is 0 Å². The van der Waals surface area contributed by atoms with E-state index in [9.17, 15) is 10.4 Å². The van der Waals surface area contributed by atoms with Crippen LogP contribution in [0.25, 0.3) is 5.70 Å². The molecule has 0 saturated heterocycles. The number of hydrazine groups is 1. The summed E-state index contributed by atoms with van der Waals surface area (Å²) in [4.78, 5) is -0.403. The number of halogens is 1. The van der Waals surface area contributed by atoms with Crippen molar-refractivity contribution in [2.75, 3.05) is 5.43 Å². The number of hydrogen-bond acceptors (Lipinski definition) is 4. The van der Waals surface area contributed by atoms with Gasteiger partial charge in [-0.3, -0.25) is 5.43 Å². The summed E-state index contributed by atoms with van der Waals surface area (Å²) < 4.78 is 1.00. The van der Waals surface area contributed by atoms with Crippen molar-refractivity contribution in [1.82, 2.24) is 5.43 Å². The van der Waals surface area contributed by atoms with Gasteiger partial charge >= 0.3 is 0 Å². The first-order valence-corrected chi connectivity index (χ1v) is 8.37. The number of anilines is 1. The summed E-state index contributed by atoms with van der Waals surface area (Å²) in [5, 5.41) is 21.7. The molecule has 0 fully saturated rings. The van der Waals surface area contributed by atoms with E-state index in [1.54, 1.807) is 12.2 Å². The van der Waals surface area contributed by atoms with E-state index in [4.69, 9.17) is 0 Å². The minimum Gasteiger partial charge on any atom is -0.612 e. The van der Waals surface area contributed by atoms with Gasteiger partial charge in [-0.2, -0.15) is 4.90 Å². The second-order valence-electron chi connectivity index (χ2n) is 5.30. The van der Waals surface area contributed by atoms with Gasteiger partial charge in [0, 0.05) is 22.2 Å². The smallest absolute Gasteiger partial charge is 0.222 e. The van der Waals surface area contributed by atoms with Gasteiger partial charge in [-0.15, -0.1) is 0 Å². The molecule has 6 heteroatoms. The Morgan fingerprint density at radius 1 is 0.840 bits per heavy atom. The standard InChI is InChI=1S/C19H15BrN3O2/c20-16-8-10-17(11-9-16)21-22-19(14-4-2-1-3-5-14)15-6-12-18(13-7-15)23(24)25/h1-13,21-22H/q-1. The summed E-state index contributed by atoms with van der Waals surface area (Å²) in [6.07, 6.45) is 6.46. The van der Waals surface area contributed by atoms with E-state index < -0.39 is 4.90 Å². The van der Waals surface area contributed by atoms with Gasteiger partial charge in [-0.05, 0) is 42.0 Å². The second-order valence-corrected chi connectivity index (χ2v) is 6.22. The molecule has 0 aliphatic heterocycles. The monoisotopic (exact) mass is 396 g/mol.